The zero-order valence-corrected chi connectivity index (χ0v) is 22.6. The molecule has 8 heteroatoms. The van der Waals surface area contributed by atoms with Gasteiger partial charge >= 0.3 is 5.97 Å². The molecule has 3 N–H and O–H groups in total. The Kier molecular flexibility index (Phi) is 10.2. The average molecular weight is 553 g/mol. The lowest BCUT2D eigenvalue weighted by atomic mass is 9.99. The zero-order valence-electron chi connectivity index (χ0n) is 22.6. The Bertz CT molecular complexity index is 1430. The number of aliphatic hydroxyl groups excluding tert-OH is 1. The molecule has 0 saturated heterocycles. The van der Waals surface area contributed by atoms with Crippen LogP contribution >= 0.6 is 0 Å². The number of nitrogens with one attached hydrogen (secondary N) is 2. The van der Waals surface area contributed by atoms with Crippen molar-refractivity contribution in [1.82, 2.24) is 10.6 Å². The number of esters is 1. The monoisotopic (exact) mass is 552 g/mol. The standard InChI is InChI=1S/C33H32N2O6/c1-40-33(39)28(21-24-14-11-19-27(20-24)41-22-23-12-5-2-6-13-23)34-32(38)30(36)29(25-15-7-3-8-16-25)35-31(37)26-17-9-4-10-18-26/h2-20,28-30,36H,21-22H2,1H3,(H,34,38)(H,35,37)/t28-,29+,30-/m1/s1. The molecule has 0 aliphatic rings. The van der Waals surface area contributed by atoms with Gasteiger partial charge in [-0.1, -0.05) is 91.0 Å². The molecule has 0 spiro atoms. The second kappa shape index (κ2) is 14.4. The molecule has 0 unspecified atom stereocenters. The minimum absolute atomic E-state index is 0.0973. The minimum Gasteiger partial charge on any atom is -0.489 e. The number of hydrogen-bond acceptors (Lipinski definition) is 6. The van der Waals surface area contributed by atoms with Gasteiger partial charge in [-0.3, -0.25) is 9.59 Å². The van der Waals surface area contributed by atoms with E-state index in [0.717, 1.165) is 11.1 Å². The minimum atomic E-state index is -1.70. The molecule has 0 bridgehead atoms. The molecule has 0 heterocycles. The first-order valence-corrected chi connectivity index (χ1v) is 13.2. The Morgan fingerprint density at radius 3 is 2.02 bits per heavy atom. The van der Waals surface area contributed by atoms with Crippen molar-refractivity contribution in [3.05, 3.63) is 138 Å². The van der Waals surface area contributed by atoms with Crippen molar-refractivity contribution >= 4 is 17.8 Å². The second-order valence-corrected chi connectivity index (χ2v) is 9.38. The first-order valence-electron chi connectivity index (χ1n) is 13.2. The zero-order chi connectivity index (χ0) is 29.0. The van der Waals surface area contributed by atoms with Gasteiger partial charge in [-0.25, -0.2) is 4.79 Å². The van der Waals surface area contributed by atoms with Crippen LogP contribution in [0.15, 0.2) is 115 Å². The van der Waals surface area contributed by atoms with Crippen molar-refractivity contribution in [2.24, 2.45) is 0 Å². The predicted molar refractivity (Wildman–Crippen MR) is 154 cm³/mol. The van der Waals surface area contributed by atoms with Crippen molar-refractivity contribution in [2.45, 2.75) is 31.2 Å². The number of aliphatic hydroxyl groups is 1. The Labute approximate surface area is 238 Å². The van der Waals surface area contributed by atoms with Crippen LogP contribution in [0.3, 0.4) is 0 Å². The normalized spacial score (nSPS) is 12.8. The summed E-state index contributed by atoms with van der Waals surface area (Å²) in [6.45, 7) is 0.378. The average Bonchev–Trinajstić information content (AvgIpc) is 3.03. The van der Waals surface area contributed by atoms with Crippen LogP contribution in [0.1, 0.15) is 33.1 Å². The molecule has 210 valence electrons. The number of hydrogen-bond donors (Lipinski definition) is 3. The van der Waals surface area contributed by atoms with Crippen molar-refractivity contribution in [1.29, 1.82) is 0 Å². The smallest absolute Gasteiger partial charge is 0.328 e. The van der Waals surface area contributed by atoms with E-state index in [1.54, 1.807) is 78.9 Å². The molecule has 2 amide bonds. The van der Waals surface area contributed by atoms with Gasteiger partial charge in [-0.05, 0) is 41.0 Å². The van der Waals surface area contributed by atoms with Crippen molar-refractivity contribution < 1.29 is 29.0 Å². The summed E-state index contributed by atoms with van der Waals surface area (Å²) >= 11 is 0. The van der Waals surface area contributed by atoms with Crippen LogP contribution in [-0.4, -0.2) is 42.1 Å². The van der Waals surface area contributed by atoms with Crippen LogP contribution in [0.2, 0.25) is 0 Å². The summed E-state index contributed by atoms with van der Waals surface area (Å²) in [6, 6.07) is 31.9. The Hall–Kier alpha value is -4.95. The van der Waals surface area contributed by atoms with Gasteiger partial charge < -0.3 is 25.2 Å². The van der Waals surface area contributed by atoms with Crippen molar-refractivity contribution in [3.63, 3.8) is 0 Å². The molecule has 0 radical (unpaired) electrons. The number of amides is 2. The molecule has 0 aromatic heterocycles. The summed E-state index contributed by atoms with van der Waals surface area (Å²) in [7, 11) is 1.23. The molecule has 0 saturated carbocycles. The fraction of sp³-hybridized carbons (Fsp3) is 0.182. The lowest BCUT2D eigenvalue weighted by Crippen LogP contribution is -2.51. The number of carbonyl (C=O) groups excluding carboxylic acids is 3. The maximum atomic E-state index is 13.3. The Morgan fingerprint density at radius 2 is 1.37 bits per heavy atom. The Balaban J connectivity index is 1.47. The maximum Gasteiger partial charge on any atom is 0.328 e. The Morgan fingerprint density at radius 1 is 0.756 bits per heavy atom. The molecule has 4 aromatic carbocycles. The van der Waals surface area contributed by atoms with Gasteiger partial charge in [0, 0.05) is 12.0 Å². The maximum absolute atomic E-state index is 13.3. The summed E-state index contributed by atoms with van der Waals surface area (Å²) in [4.78, 5) is 38.8. The first kappa shape index (κ1) is 29.0. The highest BCUT2D eigenvalue weighted by atomic mass is 16.5. The fourth-order valence-corrected chi connectivity index (χ4v) is 4.30. The summed E-state index contributed by atoms with van der Waals surface area (Å²) < 4.78 is 10.8. The first-order chi connectivity index (χ1) is 19.9. The van der Waals surface area contributed by atoms with Gasteiger partial charge in [0.15, 0.2) is 6.10 Å². The number of carbonyl (C=O) groups is 3. The van der Waals surface area contributed by atoms with E-state index in [1.165, 1.54) is 7.11 Å². The van der Waals surface area contributed by atoms with Crippen LogP contribution < -0.4 is 15.4 Å². The summed E-state index contributed by atoms with van der Waals surface area (Å²) in [5.41, 5.74) is 2.64. The molecule has 4 rings (SSSR count). The van der Waals surface area contributed by atoms with Crippen LogP contribution in [0, 0.1) is 0 Å². The van der Waals surface area contributed by atoms with E-state index in [-0.39, 0.29) is 6.42 Å². The molecule has 0 aliphatic carbocycles. The summed E-state index contributed by atoms with van der Waals surface area (Å²) in [5, 5.41) is 16.5. The van der Waals surface area contributed by atoms with Crippen molar-refractivity contribution in [3.8, 4) is 5.75 Å². The van der Waals surface area contributed by atoms with E-state index in [9.17, 15) is 19.5 Å². The van der Waals surface area contributed by atoms with Crippen molar-refractivity contribution in [2.75, 3.05) is 7.11 Å². The van der Waals surface area contributed by atoms with Gasteiger partial charge in [-0.2, -0.15) is 0 Å². The van der Waals surface area contributed by atoms with Gasteiger partial charge in [0.1, 0.15) is 18.4 Å². The van der Waals surface area contributed by atoms with Gasteiger partial charge in [0.05, 0.1) is 13.2 Å². The molecule has 41 heavy (non-hydrogen) atoms. The number of ether oxygens (including phenoxy) is 2. The van der Waals surface area contributed by atoms with Gasteiger partial charge in [-0.15, -0.1) is 0 Å². The topological polar surface area (TPSA) is 114 Å². The highest BCUT2D eigenvalue weighted by Crippen LogP contribution is 2.20. The highest BCUT2D eigenvalue weighted by molar-refractivity contribution is 5.95. The molecule has 4 aromatic rings. The van der Waals surface area contributed by atoms with E-state index in [2.05, 4.69) is 10.6 Å². The van der Waals surface area contributed by atoms with E-state index in [0.29, 0.717) is 23.5 Å². The number of benzene rings is 4. The lowest BCUT2D eigenvalue weighted by molar-refractivity contribution is -0.146. The summed E-state index contributed by atoms with van der Waals surface area (Å²) in [6.07, 6.45) is -1.60. The van der Waals surface area contributed by atoms with E-state index in [1.807, 2.05) is 36.4 Å². The quantitative estimate of drug-likeness (QED) is 0.229. The second-order valence-electron chi connectivity index (χ2n) is 9.38. The van der Waals surface area contributed by atoms with Gasteiger partial charge in [0.25, 0.3) is 11.8 Å². The molecular formula is C33H32N2O6. The third-order valence-electron chi connectivity index (χ3n) is 6.45. The molecule has 8 nitrogen and oxygen atoms in total. The van der Waals surface area contributed by atoms with Crippen LogP contribution in [0.4, 0.5) is 0 Å². The number of methoxy groups -OCH3 is 1. The van der Waals surface area contributed by atoms with E-state index in [4.69, 9.17) is 9.47 Å². The largest absolute Gasteiger partial charge is 0.489 e. The fourth-order valence-electron chi connectivity index (χ4n) is 4.30. The predicted octanol–water partition coefficient (Wildman–Crippen LogP) is 4.00. The van der Waals surface area contributed by atoms with E-state index < -0.39 is 36.0 Å². The third kappa shape index (κ3) is 8.27. The SMILES string of the molecule is COC(=O)[C@@H](Cc1cccc(OCc2ccccc2)c1)NC(=O)[C@H](O)[C@@H](NC(=O)c1ccccc1)c1ccccc1. The molecule has 0 aliphatic heterocycles. The molecule has 3 atom stereocenters. The summed E-state index contributed by atoms with van der Waals surface area (Å²) in [5.74, 6) is -1.36. The highest BCUT2D eigenvalue weighted by Gasteiger charge is 2.32. The molecule has 0 fully saturated rings. The van der Waals surface area contributed by atoms with Crippen LogP contribution in [0.5, 0.6) is 5.75 Å². The molecular weight excluding hydrogens is 520 g/mol. The van der Waals surface area contributed by atoms with Crippen LogP contribution in [-0.2, 0) is 27.4 Å². The lowest BCUT2D eigenvalue weighted by Gasteiger charge is -2.26. The third-order valence-corrected chi connectivity index (χ3v) is 6.45. The van der Waals surface area contributed by atoms with E-state index >= 15 is 0 Å². The number of rotatable bonds is 12. The van der Waals surface area contributed by atoms with Crippen LogP contribution in [0.25, 0.3) is 0 Å². The van der Waals surface area contributed by atoms with Gasteiger partial charge in [0.2, 0.25) is 0 Å².